The zero-order chi connectivity index (χ0) is 8.36. The van der Waals surface area contributed by atoms with Crippen molar-refractivity contribution < 1.29 is 15.3 Å². The summed E-state index contributed by atoms with van der Waals surface area (Å²) in [5, 5.41) is 25.4. The minimum atomic E-state index is -1.58. The Balaban J connectivity index is 4.13. The number of hydrogen-bond donors (Lipinski definition) is 3. The lowest BCUT2D eigenvalue weighted by Crippen LogP contribution is -2.35. The van der Waals surface area contributed by atoms with Crippen LogP contribution in [0, 0.1) is 0 Å². The molecule has 0 radical (unpaired) electrons. The van der Waals surface area contributed by atoms with Crippen LogP contribution in [0.15, 0.2) is 0 Å². The standard InChI is InChI=1S/C5H8O3S2/c1-5(8,4(7)10)2-3(6)9/h8H,2H2,1H3,(H,6,9)(H,7,10). The van der Waals surface area contributed by atoms with Gasteiger partial charge in [0.1, 0.15) is 5.60 Å². The molecule has 10 heavy (non-hydrogen) atoms. The Morgan fingerprint density at radius 3 is 1.90 bits per heavy atom. The first-order valence-corrected chi connectivity index (χ1v) is 3.35. The molecule has 0 fully saturated rings. The van der Waals surface area contributed by atoms with Gasteiger partial charge in [-0.3, -0.25) is 0 Å². The molecule has 0 bridgehead atoms. The van der Waals surface area contributed by atoms with Crippen LogP contribution in [-0.4, -0.2) is 31.0 Å². The van der Waals surface area contributed by atoms with Crippen LogP contribution < -0.4 is 0 Å². The lowest BCUT2D eigenvalue weighted by Gasteiger charge is -2.17. The third-order valence-electron chi connectivity index (χ3n) is 0.956. The van der Waals surface area contributed by atoms with Crippen molar-refractivity contribution in [3.63, 3.8) is 0 Å². The van der Waals surface area contributed by atoms with E-state index in [0.29, 0.717) is 0 Å². The highest BCUT2D eigenvalue weighted by atomic mass is 32.1. The molecule has 3 nitrogen and oxygen atoms in total. The fraction of sp³-hybridized carbons (Fsp3) is 0.600. The highest BCUT2D eigenvalue weighted by molar-refractivity contribution is 7.80. The van der Waals surface area contributed by atoms with Crippen LogP contribution >= 0.6 is 24.4 Å². The number of thiocarbonyl (C=S) groups is 2. The van der Waals surface area contributed by atoms with Crippen molar-refractivity contribution >= 4 is 34.5 Å². The van der Waals surface area contributed by atoms with Crippen LogP contribution in [0.3, 0.4) is 0 Å². The third-order valence-corrected chi connectivity index (χ3v) is 1.54. The first-order chi connectivity index (χ1) is 4.36. The van der Waals surface area contributed by atoms with Gasteiger partial charge in [0.25, 0.3) is 0 Å². The van der Waals surface area contributed by atoms with Crippen molar-refractivity contribution in [1.82, 2.24) is 0 Å². The summed E-state index contributed by atoms with van der Waals surface area (Å²) in [6, 6.07) is 0. The van der Waals surface area contributed by atoms with Crippen molar-refractivity contribution in [1.29, 1.82) is 0 Å². The Labute approximate surface area is 69.3 Å². The molecule has 0 amide bonds. The van der Waals surface area contributed by atoms with Gasteiger partial charge in [0.2, 0.25) is 0 Å². The molecule has 0 saturated heterocycles. The summed E-state index contributed by atoms with van der Waals surface area (Å²) in [6.45, 7) is 1.28. The number of rotatable bonds is 3. The maximum absolute atomic E-state index is 9.12. The number of hydrogen-bond acceptors (Lipinski definition) is 3. The van der Waals surface area contributed by atoms with Crippen molar-refractivity contribution in [2.75, 3.05) is 0 Å². The molecule has 0 aliphatic heterocycles. The van der Waals surface area contributed by atoms with Crippen LogP contribution in [0.5, 0.6) is 0 Å². The summed E-state index contributed by atoms with van der Waals surface area (Å²) in [5.74, 6) is 0. The second-order valence-electron chi connectivity index (χ2n) is 2.15. The largest absolute Gasteiger partial charge is 0.502 e. The van der Waals surface area contributed by atoms with Gasteiger partial charge in [0, 0.05) is 0 Å². The fourth-order valence-corrected chi connectivity index (χ4v) is 0.723. The zero-order valence-electron chi connectivity index (χ0n) is 5.37. The van der Waals surface area contributed by atoms with Crippen molar-refractivity contribution in [2.45, 2.75) is 18.9 Å². The van der Waals surface area contributed by atoms with Gasteiger partial charge in [-0.05, 0) is 31.4 Å². The summed E-state index contributed by atoms with van der Waals surface area (Å²) in [6.07, 6.45) is -0.211. The Morgan fingerprint density at radius 1 is 1.40 bits per heavy atom. The van der Waals surface area contributed by atoms with Gasteiger partial charge in [0.15, 0.2) is 10.1 Å². The molecule has 0 aromatic heterocycles. The van der Waals surface area contributed by atoms with Gasteiger partial charge in [-0.25, -0.2) is 0 Å². The Morgan fingerprint density at radius 2 is 1.80 bits per heavy atom. The Hall–Kier alpha value is -0.260. The monoisotopic (exact) mass is 180 g/mol. The van der Waals surface area contributed by atoms with Crippen LogP contribution in [0.2, 0.25) is 0 Å². The van der Waals surface area contributed by atoms with Gasteiger partial charge < -0.3 is 15.3 Å². The predicted molar refractivity (Wildman–Crippen MR) is 45.7 cm³/mol. The lowest BCUT2D eigenvalue weighted by atomic mass is 10.1. The summed E-state index contributed by atoms with van der Waals surface area (Å²) in [4.78, 5) is 0. The highest BCUT2D eigenvalue weighted by Gasteiger charge is 2.27. The molecule has 0 aromatic carbocycles. The predicted octanol–water partition coefficient (Wildman–Crippen LogP) is 0.898. The molecule has 0 spiro atoms. The van der Waals surface area contributed by atoms with Gasteiger partial charge in [-0.1, -0.05) is 0 Å². The first-order valence-electron chi connectivity index (χ1n) is 2.54. The van der Waals surface area contributed by atoms with Crippen molar-refractivity contribution in [3.05, 3.63) is 0 Å². The molecular weight excluding hydrogens is 172 g/mol. The van der Waals surface area contributed by atoms with E-state index in [1.54, 1.807) is 0 Å². The smallest absolute Gasteiger partial charge is 0.189 e. The van der Waals surface area contributed by atoms with E-state index in [4.69, 9.17) is 15.3 Å². The third kappa shape index (κ3) is 3.05. The number of aliphatic hydroxyl groups is 3. The van der Waals surface area contributed by atoms with E-state index in [2.05, 4.69) is 24.4 Å². The van der Waals surface area contributed by atoms with Gasteiger partial charge >= 0.3 is 0 Å². The van der Waals surface area contributed by atoms with Crippen LogP contribution in [0.1, 0.15) is 13.3 Å². The van der Waals surface area contributed by atoms with Crippen LogP contribution in [-0.2, 0) is 0 Å². The second-order valence-corrected chi connectivity index (χ2v) is 3.01. The Bertz CT molecular complexity index is 164. The van der Waals surface area contributed by atoms with E-state index in [1.165, 1.54) is 6.92 Å². The summed E-state index contributed by atoms with van der Waals surface area (Å²) in [5.41, 5.74) is -1.58. The minimum Gasteiger partial charge on any atom is -0.502 e. The fourth-order valence-electron chi connectivity index (χ4n) is 0.370. The normalized spacial score (nSPS) is 15.8. The van der Waals surface area contributed by atoms with Gasteiger partial charge in [-0.2, -0.15) is 0 Å². The average Bonchev–Trinajstić information content (AvgIpc) is 1.60. The Kier molecular flexibility index (Phi) is 3.14. The maximum Gasteiger partial charge on any atom is 0.189 e. The molecule has 0 rings (SSSR count). The van der Waals surface area contributed by atoms with E-state index >= 15 is 0 Å². The second kappa shape index (κ2) is 3.23. The van der Waals surface area contributed by atoms with E-state index < -0.39 is 10.7 Å². The molecule has 5 heteroatoms. The minimum absolute atomic E-state index is 0.211. The molecule has 0 aliphatic rings. The average molecular weight is 180 g/mol. The molecular formula is C5H8O3S2. The molecule has 58 valence electrons. The summed E-state index contributed by atoms with van der Waals surface area (Å²) in [7, 11) is 0. The highest BCUT2D eigenvalue weighted by Crippen LogP contribution is 2.10. The maximum atomic E-state index is 9.12. The molecule has 0 saturated carbocycles. The number of aliphatic hydroxyl groups excluding tert-OH is 2. The molecule has 3 N–H and O–H groups in total. The van der Waals surface area contributed by atoms with Crippen molar-refractivity contribution in [2.24, 2.45) is 0 Å². The van der Waals surface area contributed by atoms with E-state index in [0.717, 1.165) is 0 Å². The molecule has 1 unspecified atom stereocenters. The quantitative estimate of drug-likeness (QED) is 0.563. The first kappa shape index (κ1) is 9.74. The van der Waals surface area contributed by atoms with E-state index in [1.807, 2.05) is 0 Å². The van der Waals surface area contributed by atoms with Crippen LogP contribution in [0.4, 0.5) is 0 Å². The van der Waals surface area contributed by atoms with E-state index in [-0.39, 0.29) is 11.5 Å². The lowest BCUT2D eigenvalue weighted by molar-refractivity contribution is 0.120. The van der Waals surface area contributed by atoms with Crippen molar-refractivity contribution in [3.8, 4) is 0 Å². The molecule has 0 aromatic rings. The SMILES string of the molecule is CC(O)(CC(O)=S)C(O)=S. The molecule has 0 aliphatic carbocycles. The molecule has 1 atom stereocenters. The summed E-state index contributed by atoms with van der Waals surface area (Å²) >= 11 is 8.57. The van der Waals surface area contributed by atoms with Gasteiger partial charge in [0.05, 0.1) is 6.42 Å². The summed E-state index contributed by atoms with van der Waals surface area (Å²) < 4.78 is 0. The van der Waals surface area contributed by atoms with Crippen LogP contribution in [0.25, 0.3) is 0 Å². The van der Waals surface area contributed by atoms with E-state index in [9.17, 15) is 0 Å². The molecule has 0 heterocycles. The topological polar surface area (TPSA) is 60.7 Å². The zero-order valence-corrected chi connectivity index (χ0v) is 7.00. The van der Waals surface area contributed by atoms with Gasteiger partial charge in [-0.15, -0.1) is 0 Å².